The van der Waals surface area contributed by atoms with Crippen molar-refractivity contribution in [2.45, 2.75) is 65.7 Å². The van der Waals surface area contributed by atoms with Gasteiger partial charge in [0, 0.05) is 5.70 Å². The summed E-state index contributed by atoms with van der Waals surface area (Å²) in [4.78, 5) is 0. The van der Waals surface area contributed by atoms with Crippen molar-refractivity contribution in [1.29, 1.82) is 0 Å². The van der Waals surface area contributed by atoms with E-state index < -0.39 is 0 Å². The topological polar surface area (TPSA) is 26.0 Å². The molecule has 1 nitrogen and oxygen atoms in total. The van der Waals surface area contributed by atoms with Crippen LogP contribution in [0.5, 0.6) is 0 Å². The molecular weight excluding hydrogens is 290 g/mol. The maximum atomic E-state index is 5.81. The van der Waals surface area contributed by atoms with Crippen LogP contribution in [0.25, 0.3) is 0 Å². The fraction of sp³-hybridized carbons (Fsp3) is 0.478. The third-order valence-corrected chi connectivity index (χ3v) is 4.15. The third kappa shape index (κ3) is 12.8. The summed E-state index contributed by atoms with van der Waals surface area (Å²) < 4.78 is 0. The highest BCUT2D eigenvalue weighted by atomic mass is 14.5. The monoisotopic (exact) mass is 327 g/mol. The molecule has 0 saturated heterocycles. The Labute approximate surface area is 150 Å². The zero-order valence-corrected chi connectivity index (χ0v) is 16.1. The molecule has 1 atom stereocenters. The highest BCUT2D eigenvalue weighted by Gasteiger charge is 2.04. The molecule has 24 heavy (non-hydrogen) atoms. The summed E-state index contributed by atoms with van der Waals surface area (Å²) in [6, 6.07) is 0. The highest BCUT2D eigenvalue weighted by molar-refractivity contribution is 5.19. The van der Waals surface area contributed by atoms with Crippen LogP contribution in [-0.4, -0.2) is 0 Å². The molecule has 2 N–H and O–H groups in total. The molecule has 0 spiro atoms. The molecule has 1 unspecified atom stereocenters. The van der Waals surface area contributed by atoms with Crippen molar-refractivity contribution in [3.63, 3.8) is 0 Å². The van der Waals surface area contributed by atoms with Gasteiger partial charge in [0.15, 0.2) is 0 Å². The summed E-state index contributed by atoms with van der Waals surface area (Å²) >= 11 is 0. The summed E-state index contributed by atoms with van der Waals surface area (Å²) in [5.41, 5.74) is 9.60. The van der Waals surface area contributed by atoms with E-state index in [0.29, 0.717) is 5.92 Å². The number of hydrogen-bond acceptors (Lipinski definition) is 1. The van der Waals surface area contributed by atoms with Crippen molar-refractivity contribution in [1.82, 2.24) is 0 Å². The number of unbranched alkanes of at least 4 members (excludes halogenated alkanes) is 2. The van der Waals surface area contributed by atoms with E-state index in [-0.39, 0.29) is 0 Å². The smallest absolute Gasteiger partial charge is 0.0310 e. The van der Waals surface area contributed by atoms with Crippen LogP contribution >= 0.6 is 0 Å². The van der Waals surface area contributed by atoms with Gasteiger partial charge in [0.25, 0.3) is 0 Å². The van der Waals surface area contributed by atoms with Gasteiger partial charge in [-0.15, -0.1) is 0 Å². The summed E-state index contributed by atoms with van der Waals surface area (Å²) in [6.45, 7) is 14.1. The zero-order chi connectivity index (χ0) is 18.2. The number of allylic oxidation sites excluding steroid dienone is 9. The van der Waals surface area contributed by atoms with Crippen LogP contribution in [0.2, 0.25) is 0 Å². The number of nitrogens with two attached hydrogens (primary N) is 1. The molecular formula is C23H37N. The Morgan fingerprint density at radius 3 is 2.33 bits per heavy atom. The first-order valence-corrected chi connectivity index (χ1v) is 9.20. The first kappa shape index (κ1) is 22.2. The van der Waals surface area contributed by atoms with Gasteiger partial charge in [0.1, 0.15) is 0 Å². The van der Waals surface area contributed by atoms with Crippen molar-refractivity contribution in [3.8, 4) is 0 Å². The molecule has 0 heterocycles. The van der Waals surface area contributed by atoms with Crippen molar-refractivity contribution < 1.29 is 0 Å². The van der Waals surface area contributed by atoms with E-state index in [2.05, 4.69) is 52.2 Å². The van der Waals surface area contributed by atoms with Crippen molar-refractivity contribution in [2.75, 3.05) is 0 Å². The number of hydrogen-bond donors (Lipinski definition) is 1. The second kappa shape index (κ2) is 14.8. The molecule has 0 saturated carbocycles. The molecule has 0 aliphatic carbocycles. The van der Waals surface area contributed by atoms with E-state index in [0.717, 1.165) is 12.1 Å². The predicted molar refractivity (Wildman–Crippen MR) is 111 cm³/mol. The average Bonchev–Trinajstić information content (AvgIpc) is 2.54. The molecule has 0 aromatic rings. The average molecular weight is 328 g/mol. The van der Waals surface area contributed by atoms with Gasteiger partial charge in [-0.25, -0.2) is 0 Å². The van der Waals surface area contributed by atoms with Crippen LogP contribution in [0.1, 0.15) is 65.7 Å². The van der Waals surface area contributed by atoms with Gasteiger partial charge in [-0.05, 0) is 70.4 Å². The Morgan fingerprint density at radius 2 is 1.71 bits per heavy atom. The molecule has 1 heteroatoms. The van der Waals surface area contributed by atoms with E-state index in [1.54, 1.807) is 11.6 Å². The summed E-state index contributed by atoms with van der Waals surface area (Å²) in [6.07, 6.45) is 22.5. The third-order valence-electron chi connectivity index (χ3n) is 4.15. The molecule has 0 aromatic carbocycles. The van der Waals surface area contributed by atoms with Gasteiger partial charge >= 0.3 is 0 Å². The van der Waals surface area contributed by atoms with Crippen LogP contribution in [0.4, 0.5) is 0 Å². The van der Waals surface area contributed by atoms with Crippen LogP contribution in [0.3, 0.4) is 0 Å². The Balaban J connectivity index is 4.02. The van der Waals surface area contributed by atoms with E-state index in [1.165, 1.54) is 44.1 Å². The van der Waals surface area contributed by atoms with E-state index in [4.69, 9.17) is 5.73 Å². The molecule has 0 bridgehead atoms. The van der Waals surface area contributed by atoms with Crippen molar-refractivity contribution >= 4 is 0 Å². The SMILES string of the molecule is C=C/C=C(N)\C=C/CC(C)C/C(=C\C)CCCCC/C(C)=C/C=C. The second-order valence-corrected chi connectivity index (χ2v) is 6.61. The van der Waals surface area contributed by atoms with Crippen LogP contribution in [0.15, 0.2) is 72.5 Å². The lowest BCUT2D eigenvalue weighted by molar-refractivity contribution is 0.561. The number of rotatable bonds is 13. The minimum absolute atomic E-state index is 0.654. The predicted octanol–water partition coefficient (Wildman–Crippen LogP) is 7.02. The fourth-order valence-electron chi connectivity index (χ4n) is 2.74. The fourth-order valence-corrected chi connectivity index (χ4v) is 2.74. The van der Waals surface area contributed by atoms with Crippen LogP contribution < -0.4 is 5.73 Å². The van der Waals surface area contributed by atoms with Gasteiger partial charge in [0.2, 0.25) is 0 Å². The van der Waals surface area contributed by atoms with Gasteiger partial charge in [0.05, 0.1) is 0 Å². The minimum atomic E-state index is 0.654. The van der Waals surface area contributed by atoms with Gasteiger partial charge < -0.3 is 5.73 Å². The normalized spacial score (nSPS) is 14.9. The second-order valence-electron chi connectivity index (χ2n) is 6.61. The van der Waals surface area contributed by atoms with Gasteiger partial charge in [-0.3, -0.25) is 0 Å². The highest BCUT2D eigenvalue weighted by Crippen LogP contribution is 2.21. The van der Waals surface area contributed by atoms with Crippen LogP contribution in [0, 0.1) is 5.92 Å². The standard InChI is InChI=1S/C23H37N/c1-6-13-20(4)15-10-9-11-17-22(8-3)19-21(5)16-12-18-23(24)14-7-2/h6-8,12-14,18,21H,1-2,9-11,15-17,19,24H2,3-5H3/b18-12-,20-13+,22-8-,23-14+. The molecule has 134 valence electrons. The largest absolute Gasteiger partial charge is 0.399 e. The molecule has 0 amide bonds. The Morgan fingerprint density at radius 1 is 1.04 bits per heavy atom. The van der Waals surface area contributed by atoms with E-state index in [1.807, 2.05) is 18.2 Å². The lowest BCUT2D eigenvalue weighted by atomic mass is 9.94. The molecule has 0 aliphatic heterocycles. The minimum Gasteiger partial charge on any atom is -0.399 e. The zero-order valence-electron chi connectivity index (χ0n) is 16.1. The summed E-state index contributed by atoms with van der Waals surface area (Å²) in [5.74, 6) is 0.654. The quantitative estimate of drug-likeness (QED) is 0.219. The molecule has 0 rings (SSSR count). The lowest BCUT2D eigenvalue weighted by Crippen LogP contribution is -1.97. The molecule has 0 radical (unpaired) electrons. The lowest BCUT2D eigenvalue weighted by Gasteiger charge is -2.12. The first-order valence-electron chi connectivity index (χ1n) is 9.20. The summed E-state index contributed by atoms with van der Waals surface area (Å²) in [5, 5.41) is 0. The Kier molecular flexibility index (Phi) is 13.7. The molecule has 0 aromatic heterocycles. The van der Waals surface area contributed by atoms with Gasteiger partial charge in [-0.2, -0.15) is 0 Å². The molecule has 0 aliphatic rings. The van der Waals surface area contributed by atoms with E-state index in [9.17, 15) is 0 Å². The summed E-state index contributed by atoms with van der Waals surface area (Å²) in [7, 11) is 0. The van der Waals surface area contributed by atoms with Crippen molar-refractivity contribution in [2.24, 2.45) is 11.7 Å². The maximum Gasteiger partial charge on any atom is 0.0310 e. The Bertz CT molecular complexity index is 474. The van der Waals surface area contributed by atoms with Crippen molar-refractivity contribution in [3.05, 3.63) is 72.5 Å². The van der Waals surface area contributed by atoms with Crippen LogP contribution in [-0.2, 0) is 0 Å². The Hall–Kier alpha value is -1.76. The maximum absolute atomic E-state index is 5.81. The first-order chi connectivity index (χ1) is 11.5. The van der Waals surface area contributed by atoms with E-state index >= 15 is 0 Å². The van der Waals surface area contributed by atoms with Gasteiger partial charge in [-0.1, -0.05) is 68.0 Å². The molecule has 0 fully saturated rings.